The first-order valence-electron chi connectivity index (χ1n) is 10.3. The summed E-state index contributed by atoms with van der Waals surface area (Å²) in [6, 6.07) is 6.84. The number of methoxy groups -OCH3 is 3. The number of hydrogen-bond acceptors (Lipinski definition) is 8. The topological polar surface area (TPSA) is 100 Å². The van der Waals surface area contributed by atoms with Gasteiger partial charge in [0.15, 0.2) is 23.1 Å². The molecule has 0 radical (unpaired) electrons. The maximum Gasteiger partial charge on any atom is 0.226 e. The molecule has 0 spiro atoms. The molecule has 2 aliphatic rings. The molecule has 1 aliphatic carbocycles. The maximum atomic E-state index is 13.1. The van der Waals surface area contributed by atoms with Gasteiger partial charge in [-0.1, -0.05) is 0 Å². The molecule has 0 amide bonds. The second-order valence-electron chi connectivity index (χ2n) is 7.59. The van der Waals surface area contributed by atoms with Crippen molar-refractivity contribution in [2.75, 3.05) is 26.6 Å². The molecule has 0 saturated carbocycles. The fraction of sp³-hybridized carbons (Fsp3) is 0.304. The van der Waals surface area contributed by atoms with Gasteiger partial charge in [-0.05, 0) is 31.0 Å². The van der Waals surface area contributed by atoms with Crippen molar-refractivity contribution < 1.29 is 19.0 Å². The predicted octanol–water partition coefficient (Wildman–Crippen LogP) is 3.39. The maximum absolute atomic E-state index is 13.1. The van der Waals surface area contributed by atoms with E-state index in [2.05, 4.69) is 10.3 Å². The van der Waals surface area contributed by atoms with Gasteiger partial charge in [-0.15, -0.1) is 5.10 Å². The molecule has 1 aliphatic heterocycles. The van der Waals surface area contributed by atoms with Crippen LogP contribution < -0.4 is 19.5 Å². The molecule has 3 heterocycles. The number of benzene rings is 1. The predicted molar refractivity (Wildman–Crippen MR) is 117 cm³/mol. The summed E-state index contributed by atoms with van der Waals surface area (Å²) in [7, 11) is 4.74. The minimum absolute atomic E-state index is 0.0877. The van der Waals surface area contributed by atoms with Crippen molar-refractivity contribution >= 4 is 11.7 Å². The van der Waals surface area contributed by atoms with Gasteiger partial charge in [0.1, 0.15) is 11.8 Å². The minimum atomic E-state index is -0.512. The third-order valence-corrected chi connectivity index (χ3v) is 5.82. The van der Waals surface area contributed by atoms with Crippen molar-refractivity contribution in [2.45, 2.75) is 25.3 Å². The Hall–Kier alpha value is -3.88. The number of rotatable bonds is 5. The lowest BCUT2D eigenvalue weighted by Crippen LogP contribution is -2.31. The molecule has 1 unspecified atom stereocenters. The van der Waals surface area contributed by atoms with Crippen LogP contribution in [0.5, 0.6) is 17.2 Å². The Kier molecular flexibility index (Phi) is 5.01. The Morgan fingerprint density at radius 3 is 2.56 bits per heavy atom. The van der Waals surface area contributed by atoms with E-state index in [1.807, 2.05) is 18.2 Å². The fourth-order valence-electron chi connectivity index (χ4n) is 4.33. The SMILES string of the molecule is COc1cc(OC)c(C2C3=C(CCCC3=O)Nc3nc(-c4cccnc4)nn32)cc1OC. The number of nitrogens with zero attached hydrogens (tertiary/aromatic N) is 4. The standard InChI is InChI=1S/C23H23N5O4/c1-30-17-11-19(32-3)18(31-2)10-14(17)21-20-15(7-4-8-16(20)29)25-23-26-22(27-28(21)23)13-6-5-9-24-12-13/h5-6,9-12,21H,4,7-8H2,1-3H3,(H,25,26,27). The molecule has 0 saturated heterocycles. The largest absolute Gasteiger partial charge is 0.496 e. The van der Waals surface area contributed by atoms with E-state index in [9.17, 15) is 4.79 Å². The first-order valence-corrected chi connectivity index (χ1v) is 10.3. The number of ether oxygens (including phenoxy) is 3. The average molecular weight is 433 g/mol. The Bertz CT molecular complexity index is 1220. The summed E-state index contributed by atoms with van der Waals surface area (Å²) in [6.45, 7) is 0. The monoisotopic (exact) mass is 433 g/mol. The number of allylic oxidation sites excluding steroid dienone is 2. The zero-order chi connectivity index (χ0) is 22.2. The van der Waals surface area contributed by atoms with Crippen molar-refractivity contribution in [3.63, 3.8) is 0 Å². The molecule has 0 bridgehead atoms. The number of nitrogens with one attached hydrogen (secondary N) is 1. The van der Waals surface area contributed by atoms with Crippen molar-refractivity contribution in [3.8, 4) is 28.6 Å². The summed E-state index contributed by atoms with van der Waals surface area (Å²) in [5.74, 6) is 2.84. The summed E-state index contributed by atoms with van der Waals surface area (Å²) < 4.78 is 18.4. The zero-order valence-electron chi connectivity index (χ0n) is 18.1. The van der Waals surface area contributed by atoms with Gasteiger partial charge in [0.2, 0.25) is 5.95 Å². The number of carbonyl (C=O) groups is 1. The van der Waals surface area contributed by atoms with Crippen molar-refractivity contribution in [3.05, 3.63) is 53.5 Å². The van der Waals surface area contributed by atoms with E-state index in [1.54, 1.807) is 44.5 Å². The van der Waals surface area contributed by atoms with Crippen LogP contribution in [0.15, 0.2) is 47.9 Å². The molecule has 3 aromatic rings. The molecular weight excluding hydrogens is 410 g/mol. The van der Waals surface area contributed by atoms with Crippen molar-refractivity contribution in [1.29, 1.82) is 0 Å². The highest BCUT2D eigenvalue weighted by Crippen LogP contribution is 2.46. The molecule has 1 N–H and O–H groups in total. The number of fused-ring (bicyclic) bond motifs is 1. The van der Waals surface area contributed by atoms with E-state index >= 15 is 0 Å². The number of ketones is 1. The van der Waals surface area contributed by atoms with Crippen LogP contribution in [-0.2, 0) is 4.79 Å². The van der Waals surface area contributed by atoms with E-state index in [1.165, 1.54) is 0 Å². The smallest absolute Gasteiger partial charge is 0.226 e. The first kappa shape index (κ1) is 20.0. The highest BCUT2D eigenvalue weighted by molar-refractivity contribution is 5.99. The summed E-state index contributed by atoms with van der Waals surface area (Å²) in [5, 5.41) is 8.11. The normalized spacial score (nSPS) is 17.3. The summed E-state index contributed by atoms with van der Waals surface area (Å²) >= 11 is 0. The van der Waals surface area contributed by atoms with Crippen LogP contribution in [0.2, 0.25) is 0 Å². The van der Waals surface area contributed by atoms with E-state index in [0.29, 0.717) is 41.0 Å². The van der Waals surface area contributed by atoms with Gasteiger partial charge in [0, 0.05) is 47.3 Å². The first-order chi connectivity index (χ1) is 15.6. The molecule has 164 valence electrons. The van der Waals surface area contributed by atoms with Crippen LogP contribution in [0.4, 0.5) is 5.95 Å². The summed E-state index contributed by atoms with van der Waals surface area (Å²) in [5.41, 5.74) is 3.09. The highest BCUT2D eigenvalue weighted by atomic mass is 16.5. The molecule has 32 heavy (non-hydrogen) atoms. The van der Waals surface area contributed by atoms with Gasteiger partial charge < -0.3 is 19.5 Å². The summed E-state index contributed by atoms with van der Waals surface area (Å²) in [4.78, 5) is 22.0. The molecule has 9 heteroatoms. The molecule has 9 nitrogen and oxygen atoms in total. The van der Waals surface area contributed by atoms with Gasteiger partial charge in [-0.3, -0.25) is 9.78 Å². The quantitative estimate of drug-likeness (QED) is 0.654. The zero-order valence-corrected chi connectivity index (χ0v) is 18.1. The lowest BCUT2D eigenvalue weighted by atomic mass is 9.85. The average Bonchev–Trinajstić information content (AvgIpc) is 3.26. The molecule has 5 rings (SSSR count). The minimum Gasteiger partial charge on any atom is -0.496 e. The fourth-order valence-corrected chi connectivity index (χ4v) is 4.33. The van der Waals surface area contributed by atoms with Gasteiger partial charge in [-0.25, -0.2) is 4.68 Å². The van der Waals surface area contributed by atoms with Crippen LogP contribution in [-0.4, -0.2) is 46.9 Å². The number of aromatic nitrogens is 4. The van der Waals surface area contributed by atoms with Crippen LogP contribution in [0.1, 0.15) is 30.9 Å². The molecular formula is C23H23N5O4. The van der Waals surface area contributed by atoms with Crippen LogP contribution >= 0.6 is 0 Å². The Balaban J connectivity index is 1.74. The Morgan fingerprint density at radius 2 is 1.84 bits per heavy atom. The second kappa shape index (κ2) is 7.99. The van der Waals surface area contributed by atoms with Crippen LogP contribution in [0.3, 0.4) is 0 Å². The van der Waals surface area contributed by atoms with Crippen molar-refractivity contribution in [2.24, 2.45) is 0 Å². The van der Waals surface area contributed by atoms with Gasteiger partial charge in [-0.2, -0.15) is 4.98 Å². The van der Waals surface area contributed by atoms with E-state index < -0.39 is 6.04 Å². The number of Topliss-reactive ketones (excluding diaryl/α,β-unsaturated/α-hetero) is 1. The Morgan fingerprint density at radius 1 is 1.06 bits per heavy atom. The van der Waals surface area contributed by atoms with Crippen LogP contribution in [0, 0.1) is 0 Å². The van der Waals surface area contributed by atoms with E-state index in [4.69, 9.17) is 24.3 Å². The summed E-state index contributed by atoms with van der Waals surface area (Å²) in [6.07, 6.45) is 5.47. The Labute approximate surface area is 185 Å². The number of pyridine rings is 1. The van der Waals surface area contributed by atoms with Crippen LogP contribution in [0.25, 0.3) is 11.4 Å². The van der Waals surface area contributed by atoms with Gasteiger partial charge >= 0.3 is 0 Å². The third-order valence-electron chi connectivity index (χ3n) is 5.82. The third kappa shape index (κ3) is 3.17. The second-order valence-corrected chi connectivity index (χ2v) is 7.59. The molecule has 2 aromatic heterocycles. The van der Waals surface area contributed by atoms with E-state index in [-0.39, 0.29) is 5.78 Å². The molecule has 0 fully saturated rings. The van der Waals surface area contributed by atoms with Gasteiger partial charge in [0.05, 0.1) is 21.3 Å². The number of carbonyl (C=O) groups excluding carboxylic acids is 1. The number of anilines is 1. The number of hydrogen-bond donors (Lipinski definition) is 1. The van der Waals surface area contributed by atoms with E-state index in [0.717, 1.165) is 29.7 Å². The lowest BCUT2D eigenvalue weighted by Gasteiger charge is -2.33. The highest BCUT2D eigenvalue weighted by Gasteiger charge is 2.38. The van der Waals surface area contributed by atoms with Gasteiger partial charge in [0.25, 0.3) is 0 Å². The lowest BCUT2D eigenvalue weighted by molar-refractivity contribution is -0.116. The van der Waals surface area contributed by atoms with Crippen molar-refractivity contribution in [1.82, 2.24) is 19.7 Å². The molecule has 1 aromatic carbocycles. The molecule has 1 atom stereocenters.